The van der Waals surface area contributed by atoms with Gasteiger partial charge in [-0.1, -0.05) is 12.1 Å². The zero-order valence-corrected chi connectivity index (χ0v) is 10.0. The van der Waals surface area contributed by atoms with Gasteiger partial charge in [0.2, 0.25) is 5.91 Å². The lowest BCUT2D eigenvalue weighted by atomic mass is 10.1. The van der Waals surface area contributed by atoms with Crippen molar-refractivity contribution in [1.29, 1.82) is 0 Å². The summed E-state index contributed by atoms with van der Waals surface area (Å²) in [7, 11) is 0. The maximum absolute atomic E-state index is 12.0. The Morgan fingerprint density at radius 3 is 2.67 bits per heavy atom. The van der Waals surface area contributed by atoms with E-state index in [2.05, 4.69) is 5.32 Å². The fourth-order valence-corrected chi connectivity index (χ4v) is 2.00. The number of hydrogen-bond acceptors (Lipinski definition) is 3. The number of ether oxygens (including phenoxy) is 1. The smallest absolute Gasteiger partial charge is 0.252 e. The van der Waals surface area contributed by atoms with Gasteiger partial charge in [0.25, 0.3) is 5.91 Å². The molecule has 0 saturated carbocycles. The van der Waals surface area contributed by atoms with Crippen LogP contribution in [-0.2, 0) is 4.74 Å². The zero-order chi connectivity index (χ0) is 13.0. The molecule has 18 heavy (non-hydrogen) atoms. The molecule has 0 radical (unpaired) electrons. The van der Waals surface area contributed by atoms with Crippen molar-refractivity contribution in [2.75, 3.05) is 13.2 Å². The first-order valence-corrected chi connectivity index (χ1v) is 5.97. The van der Waals surface area contributed by atoms with E-state index in [9.17, 15) is 9.59 Å². The van der Waals surface area contributed by atoms with Crippen molar-refractivity contribution in [3.63, 3.8) is 0 Å². The fourth-order valence-electron chi connectivity index (χ4n) is 2.00. The molecular weight excluding hydrogens is 232 g/mol. The highest BCUT2D eigenvalue weighted by atomic mass is 16.5. The second-order valence-corrected chi connectivity index (χ2v) is 4.25. The Hall–Kier alpha value is -1.88. The highest BCUT2D eigenvalue weighted by Crippen LogP contribution is 2.12. The molecule has 2 amide bonds. The molecule has 0 bridgehead atoms. The maximum Gasteiger partial charge on any atom is 0.252 e. The van der Waals surface area contributed by atoms with Crippen LogP contribution in [0.5, 0.6) is 0 Å². The normalized spacial score (nSPS) is 18.6. The van der Waals surface area contributed by atoms with Crippen molar-refractivity contribution in [3.8, 4) is 0 Å². The van der Waals surface area contributed by atoms with Crippen LogP contribution in [0.15, 0.2) is 24.3 Å². The molecule has 3 N–H and O–H groups in total. The number of rotatable bonds is 4. The van der Waals surface area contributed by atoms with E-state index in [1.807, 2.05) is 0 Å². The number of primary amides is 1. The third kappa shape index (κ3) is 2.87. The molecule has 1 fully saturated rings. The first-order chi connectivity index (χ1) is 8.68. The first kappa shape index (κ1) is 12.6. The van der Waals surface area contributed by atoms with Gasteiger partial charge in [-0.05, 0) is 25.0 Å². The molecule has 1 heterocycles. The van der Waals surface area contributed by atoms with Gasteiger partial charge in [0.1, 0.15) is 0 Å². The number of carbonyl (C=O) groups excluding carboxylic acids is 2. The van der Waals surface area contributed by atoms with Gasteiger partial charge in [-0.15, -0.1) is 0 Å². The van der Waals surface area contributed by atoms with E-state index in [-0.39, 0.29) is 17.6 Å². The van der Waals surface area contributed by atoms with Crippen molar-refractivity contribution in [2.24, 2.45) is 5.73 Å². The summed E-state index contributed by atoms with van der Waals surface area (Å²) in [4.78, 5) is 23.2. The number of hydrogen-bond donors (Lipinski definition) is 2. The van der Waals surface area contributed by atoms with Gasteiger partial charge in [-0.2, -0.15) is 0 Å². The molecule has 1 aliphatic heterocycles. The second-order valence-electron chi connectivity index (χ2n) is 4.25. The maximum atomic E-state index is 12.0. The number of benzene rings is 1. The Balaban J connectivity index is 2.01. The second kappa shape index (κ2) is 5.64. The minimum absolute atomic E-state index is 0.0784. The summed E-state index contributed by atoms with van der Waals surface area (Å²) in [5.74, 6) is -0.891. The predicted molar refractivity (Wildman–Crippen MR) is 66.3 cm³/mol. The lowest BCUT2D eigenvalue weighted by Crippen LogP contribution is -2.33. The van der Waals surface area contributed by atoms with Gasteiger partial charge in [-0.3, -0.25) is 9.59 Å². The van der Waals surface area contributed by atoms with E-state index in [0.29, 0.717) is 12.1 Å². The Kier molecular flexibility index (Phi) is 3.94. The van der Waals surface area contributed by atoms with Crippen molar-refractivity contribution in [3.05, 3.63) is 35.4 Å². The van der Waals surface area contributed by atoms with Crippen LogP contribution in [-0.4, -0.2) is 31.1 Å². The molecule has 5 heteroatoms. The van der Waals surface area contributed by atoms with Gasteiger partial charge >= 0.3 is 0 Å². The molecule has 1 unspecified atom stereocenters. The fraction of sp³-hybridized carbons (Fsp3) is 0.385. The molecule has 1 saturated heterocycles. The number of nitrogens with one attached hydrogen (secondary N) is 1. The van der Waals surface area contributed by atoms with Gasteiger partial charge < -0.3 is 15.8 Å². The number of amides is 2. The molecule has 96 valence electrons. The quantitative estimate of drug-likeness (QED) is 0.822. The van der Waals surface area contributed by atoms with Crippen LogP contribution in [0.4, 0.5) is 0 Å². The van der Waals surface area contributed by atoms with E-state index in [1.54, 1.807) is 24.3 Å². The Bertz CT molecular complexity index is 453. The van der Waals surface area contributed by atoms with Crippen molar-refractivity contribution in [1.82, 2.24) is 5.32 Å². The van der Waals surface area contributed by atoms with E-state index in [4.69, 9.17) is 10.5 Å². The summed E-state index contributed by atoms with van der Waals surface area (Å²) in [5, 5.41) is 2.76. The third-order valence-corrected chi connectivity index (χ3v) is 2.95. The number of carbonyl (C=O) groups is 2. The standard InChI is InChI=1S/C13H16N2O3/c14-12(16)10-5-1-2-6-11(10)13(17)15-8-9-4-3-7-18-9/h1-2,5-6,9H,3-4,7-8H2,(H2,14,16)(H,15,17). The zero-order valence-electron chi connectivity index (χ0n) is 10.0. The summed E-state index contributed by atoms with van der Waals surface area (Å²) < 4.78 is 5.41. The molecular formula is C13H16N2O3. The van der Waals surface area contributed by atoms with Crippen molar-refractivity contribution in [2.45, 2.75) is 18.9 Å². The highest BCUT2D eigenvalue weighted by Gasteiger charge is 2.18. The molecule has 1 atom stereocenters. The lowest BCUT2D eigenvalue weighted by molar-refractivity contribution is 0.0852. The minimum Gasteiger partial charge on any atom is -0.376 e. The molecule has 1 aliphatic rings. The summed E-state index contributed by atoms with van der Waals surface area (Å²) in [6.45, 7) is 1.21. The largest absolute Gasteiger partial charge is 0.376 e. The van der Waals surface area contributed by atoms with Crippen LogP contribution in [0.2, 0.25) is 0 Å². The molecule has 0 aromatic heterocycles. The molecule has 0 aliphatic carbocycles. The van der Waals surface area contributed by atoms with Crippen molar-refractivity contribution >= 4 is 11.8 Å². The third-order valence-electron chi connectivity index (χ3n) is 2.95. The van der Waals surface area contributed by atoms with Crippen LogP contribution in [0.1, 0.15) is 33.6 Å². The van der Waals surface area contributed by atoms with Crippen LogP contribution >= 0.6 is 0 Å². The van der Waals surface area contributed by atoms with E-state index in [1.165, 1.54) is 0 Å². The average Bonchev–Trinajstić information content (AvgIpc) is 2.89. The van der Waals surface area contributed by atoms with Crippen LogP contribution in [0.3, 0.4) is 0 Å². The van der Waals surface area contributed by atoms with Gasteiger partial charge in [0.15, 0.2) is 0 Å². The highest BCUT2D eigenvalue weighted by molar-refractivity contribution is 6.06. The summed E-state index contributed by atoms with van der Waals surface area (Å²) in [5.41, 5.74) is 5.77. The van der Waals surface area contributed by atoms with Gasteiger partial charge in [0.05, 0.1) is 17.2 Å². The lowest BCUT2D eigenvalue weighted by Gasteiger charge is -2.12. The van der Waals surface area contributed by atoms with Gasteiger partial charge in [-0.25, -0.2) is 0 Å². The van der Waals surface area contributed by atoms with Gasteiger partial charge in [0, 0.05) is 13.2 Å². The molecule has 1 aromatic carbocycles. The summed E-state index contributed by atoms with van der Waals surface area (Å²) >= 11 is 0. The molecule has 1 aromatic rings. The first-order valence-electron chi connectivity index (χ1n) is 5.97. The number of nitrogens with two attached hydrogens (primary N) is 1. The van der Waals surface area contributed by atoms with Crippen molar-refractivity contribution < 1.29 is 14.3 Å². The Labute approximate surface area is 105 Å². The molecule has 5 nitrogen and oxygen atoms in total. The predicted octanol–water partition coefficient (Wildman–Crippen LogP) is 0.694. The summed E-state index contributed by atoms with van der Waals surface area (Å²) in [6, 6.07) is 6.51. The van der Waals surface area contributed by atoms with Crippen LogP contribution < -0.4 is 11.1 Å². The topological polar surface area (TPSA) is 81.4 Å². The van der Waals surface area contributed by atoms with Crippen LogP contribution in [0, 0.1) is 0 Å². The SMILES string of the molecule is NC(=O)c1ccccc1C(=O)NCC1CCCO1. The molecule has 0 spiro atoms. The Morgan fingerprint density at radius 1 is 1.33 bits per heavy atom. The molecule has 2 rings (SSSR count). The van der Waals surface area contributed by atoms with E-state index in [0.717, 1.165) is 19.4 Å². The van der Waals surface area contributed by atoms with E-state index >= 15 is 0 Å². The van der Waals surface area contributed by atoms with Crippen LogP contribution in [0.25, 0.3) is 0 Å². The Morgan fingerprint density at radius 2 is 2.06 bits per heavy atom. The average molecular weight is 248 g/mol. The van der Waals surface area contributed by atoms with E-state index < -0.39 is 5.91 Å². The summed E-state index contributed by atoms with van der Waals surface area (Å²) in [6.07, 6.45) is 2.06. The minimum atomic E-state index is -0.599. The monoisotopic (exact) mass is 248 g/mol.